The number of halogens is 1. The lowest BCUT2D eigenvalue weighted by molar-refractivity contribution is 0.0945. The largest absolute Gasteiger partial charge is 0.496 e. The molecule has 3 nitrogen and oxygen atoms in total. The standard InChI is InChI=1S/C13H16ClNO2/c1-7-6-9(17-3)10(8(2)11(7)14)12(16)13(15)4-5-13/h6H,4-5,15H2,1-3H3. The summed E-state index contributed by atoms with van der Waals surface area (Å²) in [6.45, 7) is 3.72. The Balaban J connectivity index is 2.59. The Labute approximate surface area is 106 Å². The smallest absolute Gasteiger partial charge is 0.186 e. The zero-order chi connectivity index (χ0) is 12.8. The van der Waals surface area contributed by atoms with Crippen molar-refractivity contribution < 1.29 is 9.53 Å². The highest BCUT2D eigenvalue weighted by Crippen LogP contribution is 2.40. The van der Waals surface area contributed by atoms with Crippen LogP contribution < -0.4 is 10.5 Å². The average molecular weight is 254 g/mol. The van der Waals surface area contributed by atoms with E-state index in [0.717, 1.165) is 24.0 Å². The highest BCUT2D eigenvalue weighted by Gasteiger charge is 2.47. The highest BCUT2D eigenvalue weighted by atomic mass is 35.5. The van der Waals surface area contributed by atoms with Gasteiger partial charge in [-0.05, 0) is 43.9 Å². The number of methoxy groups -OCH3 is 1. The number of ketones is 1. The molecular formula is C13H16ClNO2. The fraction of sp³-hybridized carbons (Fsp3) is 0.462. The summed E-state index contributed by atoms with van der Waals surface area (Å²) >= 11 is 6.18. The number of aryl methyl sites for hydroxylation is 1. The molecule has 17 heavy (non-hydrogen) atoms. The number of carbonyl (C=O) groups excluding carboxylic acids is 1. The molecular weight excluding hydrogens is 238 g/mol. The first kappa shape index (κ1) is 12.4. The van der Waals surface area contributed by atoms with E-state index in [1.165, 1.54) is 0 Å². The van der Waals surface area contributed by atoms with Crippen molar-refractivity contribution >= 4 is 17.4 Å². The van der Waals surface area contributed by atoms with Crippen LogP contribution in [0.4, 0.5) is 0 Å². The molecule has 1 aromatic carbocycles. The van der Waals surface area contributed by atoms with Crippen LogP contribution in [-0.4, -0.2) is 18.4 Å². The molecule has 1 fully saturated rings. The van der Waals surface area contributed by atoms with Gasteiger partial charge in [-0.15, -0.1) is 0 Å². The first-order valence-corrected chi connectivity index (χ1v) is 5.96. The number of carbonyl (C=O) groups is 1. The molecule has 0 unspecified atom stereocenters. The third-order valence-electron chi connectivity index (χ3n) is 3.33. The Bertz CT molecular complexity index is 493. The Morgan fingerprint density at radius 2 is 2.06 bits per heavy atom. The van der Waals surface area contributed by atoms with E-state index in [1.807, 2.05) is 13.8 Å². The molecule has 2 rings (SSSR count). The second-order valence-electron chi connectivity index (χ2n) is 4.69. The van der Waals surface area contributed by atoms with Crippen molar-refractivity contribution in [1.82, 2.24) is 0 Å². The number of hydrogen-bond donors (Lipinski definition) is 1. The summed E-state index contributed by atoms with van der Waals surface area (Å²) in [7, 11) is 1.55. The van der Waals surface area contributed by atoms with Crippen molar-refractivity contribution in [3.63, 3.8) is 0 Å². The third kappa shape index (κ3) is 1.94. The molecule has 0 radical (unpaired) electrons. The van der Waals surface area contributed by atoms with Crippen LogP contribution in [0.25, 0.3) is 0 Å². The van der Waals surface area contributed by atoms with E-state index < -0.39 is 5.54 Å². The van der Waals surface area contributed by atoms with Crippen LogP contribution in [0, 0.1) is 13.8 Å². The van der Waals surface area contributed by atoms with E-state index in [-0.39, 0.29) is 5.78 Å². The third-order valence-corrected chi connectivity index (χ3v) is 3.91. The maximum Gasteiger partial charge on any atom is 0.186 e. The molecule has 0 saturated heterocycles. The molecule has 0 spiro atoms. The Kier molecular flexibility index (Phi) is 2.92. The lowest BCUT2D eigenvalue weighted by atomic mass is 9.95. The predicted octanol–water partition coefficient (Wildman–Crippen LogP) is 2.64. The summed E-state index contributed by atoms with van der Waals surface area (Å²) in [4.78, 5) is 12.3. The van der Waals surface area contributed by atoms with E-state index in [0.29, 0.717) is 16.3 Å². The number of nitrogens with two attached hydrogens (primary N) is 1. The Morgan fingerprint density at radius 1 is 1.47 bits per heavy atom. The minimum absolute atomic E-state index is 0.0613. The molecule has 0 bridgehead atoms. The lowest BCUT2D eigenvalue weighted by Crippen LogP contribution is -2.33. The van der Waals surface area contributed by atoms with E-state index in [4.69, 9.17) is 22.1 Å². The predicted molar refractivity (Wildman–Crippen MR) is 68.0 cm³/mol. The van der Waals surface area contributed by atoms with E-state index in [2.05, 4.69) is 0 Å². The molecule has 0 heterocycles. The molecule has 1 aliphatic rings. The molecule has 1 aromatic rings. The number of benzene rings is 1. The molecule has 0 amide bonds. The second-order valence-corrected chi connectivity index (χ2v) is 5.07. The maximum atomic E-state index is 12.3. The monoisotopic (exact) mass is 253 g/mol. The van der Waals surface area contributed by atoms with Gasteiger partial charge in [-0.25, -0.2) is 0 Å². The van der Waals surface area contributed by atoms with Crippen molar-refractivity contribution in [1.29, 1.82) is 0 Å². The van der Waals surface area contributed by atoms with Crippen LogP contribution in [0.2, 0.25) is 5.02 Å². The maximum absolute atomic E-state index is 12.3. The highest BCUT2D eigenvalue weighted by molar-refractivity contribution is 6.33. The molecule has 0 aromatic heterocycles. The van der Waals surface area contributed by atoms with Gasteiger partial charge in [0.15, 0.2) is 5.78 Å². The summed E-state index contributed by atoms with van der Waals surface area (Å²) in [6, 6.07) is 1.79. The molecule has 0 aliphatic heterocycles. The number of Topliss-reactive ketones (excluding diaryl/α,β-unsaturated/α-hetero) is 1. The fourth-order valence-corrected chi connectivity index (χ4v) is 2.13. The van der Waals surface area contributed by atoms with Gasteiger partial charge >= 0.3 is 0 Å². The van der Waals surface area contributed by atoms with Gasteiger partial charge in [0.2, 0.25) is 0 Å². The van der Waals surface area contributed by atoms with E-state index >= 15 is 0 Å². The number of ether oxygens (including phenoxy) is 1. The van der Waals surface area contributed by atoms with Gasteiger partial charge in [-0.2, -0.15) is 0 Å². The van der Waals surface area contributed by atoms with Gasteiger partial charge in [0.1, 0.15) is 5.75 Å². The fourth-order valence-electron chi connectivity index (χ4n) is 1.98. The van der Waals surface area contributed by atoms with Crippen molar-refractivity contribution in [2.75, 3.05) is 7.11 Å². The van der Waals surface area contributed by atoms with Gasteiger partial charge in [-0.3, -0.25) is 4.79 Å². The molecule has 92 valence electrons. The summed E-state index contributed by atoms with van der Waals surface area (Å²) in [5.41, 5.74) is 7.44. The summed E-state index contributed by atoms with van der Waals surface area (Å²) in [6.07, 6.45) is 1.47. The van der Waals surface area contributed by atoms with Crippen LogP contribution in [0.3, 0.4) is 0 Å². The SMILES string of the molecule is COc1cc(C)c(Cl)c(C)c1C(=O)C1(N)CC1. The summed E-state index contributed by atoms with van der Waals surface area (Å²) in [5, 5.41) is 0.610. The minimum Gasteiger partial charge on any atom is -0.496 e. The number of hydrogen-bond acceptors (Lipinski definition) is 3. The second kappa shape index (κ2) is 4.00. The van der Waals surface area contributed by atoms with Crippen molar-refractivity contribution in [3.8, 4) is 5.75 Å². The van der Waals surface area contributed by atoms with Gasteiger partial charge in [0, 0.05) is 5.02 Å². The molecule has 1 saturated carbocycles. The van der Waals surface area contributed by atoms with Crippen molar-refractivity contribution in [2.24, 2.45) is 5.73 Å². The zero-order valence-corrected chi connectivity index (χ0v) is 11.0. The van der Waals surface area contributed by atoms with Crippen molar-refractivity contribution in [3.05, 3.63) is 27.8 Å². The molecule has 2 N–H and O–H groups in total. The van der Waals surface area contributed by atoms with Gasteiger partial charge in [0.25, 0.3) is 0 Å². The Hall–Kier alpha value is -1.06. The summed E-state index contributed by atoms with van der Waals surface area (Å²) < 4.78 is 5.27. The topological polar surface area (TPSA) is 52.3 Å². The van der Waals surface area contributed by atoms with Gasteiger partial charge < -0.3 is 10.5 Å². The quantitative estimate of drug-likeness (QED) is 0.843. The zero-order valence-electron chi connectivity index (χ0n) is 10.3. The minimum atomic E-state index is -0.698. The van der Waals surface area contributed by atoms with Gasteiger partial charge in [0.05, 0.1) is 18.2 Å². The van der Waals surface area contributed by atoms with Crippen LogP contribution >= 0.6 is 11.6 Å². The van der Waals surface area contributed by atoms with E-state index in [1.54, 1.807) is 13.2 Å². The lowest BCUT2D eigenvalue weighted by Gasteiger charge is -2.16. The van der Waals surface area contributed by atoms with Crippen LogP contribution in [0.1, 0.15) is 34.3 Å². The van der Waals surface area contributed by atoms with Crippen molar-refractivity contribution in [2.45, 2.75) is 32.2 Å². The summed E-state index contributed by atoms with van der Waals surface area (Å²) in [5.74, 6) is 0.500. The molecule has 0 atom stereocenters. The Morgan fingerprint density at radius 3 is 2.53 bits per heavy atom. The van der Waals surface area contributed by atoms with E-state index in [9.17, 15) is 4.79 Å². The van der Waals surface area contributed by atoms with Crippen LogP contribution in [0.5, 0.6) is 5.75 Å². The van der Waals surface area contributed by atoms with Crippen LogP contribution in [-0.2, 0) is 0 Å². The normalized spacial score (nSPS) is 16.8. The first-order chi connectivity index (χ1) is 7.90. The first-order valence-electron chi connectivity index (χ1n) is 5.58. The van der Waals surface area contributed by atoms with Crippen LogP contribution in [0.15, 0.2) is 6.07 Å². The molecule has 4 heteroatoms. The van der Waals surface area contributed by atoms with Gasteiger partial charge in [-0.1, -0.05) is 11.6 Å². The average Bonchev–Trinajstić information content (AvgIpc) is 3.04. The molecule has 1 aliphatic carbocycles. The number of rotatable bonds is 3.